The molecule has 6 nitrogen and oxygen atoms in total. The monoisotopic (exact) mass is 572 g/mol. The second kappa shape index (κ2) is 11.3. The number of carbonyl (C=O) groups is 1. The van der Waals surface area contributed by atoms with Gasteiger partial charge in [-0.2, -0.15) is 0 Å². The molecule has 9 heteroatoms. The van der Waals surface area contributed by atoms with Crippen LogP contribution in [0, 0.1) is 5.92 Å². The minimum Gasteiger partial charge on any atom is -0.512 e. The Balaban J connectivity index is 1.22. The van der Waals surface area contributed by atoms with Crippen LogP contribution in [0.2, 0.25) is 10.0 Å². The van der Waals surface area contributed by atoms with Crippen molar-refractivity contribution in [1.29, 1.82) is 0 Å². The van der Waals surface area contributed by atoms with Gasteiger partial charge < -0.3 is 25.6 Å². The van der Waals surface area contributed by atoms with E-state index < -0.39 is 17.7 Å². The first-order valence-corrected chi connectivity index (χ1v) is 13.8. The first-order chi connectivity index (χ1) is 18.6. The fourth-order valence-corrected chi connectivity index (χ4v) is 5.77. The molecule has 1 unspecified atom stereocenters. The third kappa shape index (κ3) is 6.17. The smallest absolute Gasteiger partial charge is 0.335 e. The summed E-state index contributed by atoms with van der Waals surface area (Å²) >= 11 is 12.7. The molecule has 206 valence electrons. The number of hydrogen-bond acceptors (Lipinski definition) is 5. The molecule has 1 heterocycles. The molecule has 1 saturated carbocycles. The van der Waals surface area contributed by atoms with E-state index in [-0.39, 0.29) is 30.5 Å². The van der Waals surface area contributed by atoms with Gasteiger partial charge >= 0.3 is 5.97 Å². The summed E-state index contributed by atoms with van der Waals surface area (Å²) in [5.41, 5.74) is 7.22. The lowest BCUT2D eigenvalue weighted by Gasteiger charge is -2.37. The van der Waals surface area contributed by atoms with Crippen molar-refractivity contribution >= 4 is 45.6 Å². The highest BCUT2D eigenvalue weighted by molar-refractivity contribution is 6.36. The summed E-state index contributed by atoms with van der Waals surface area (Å²) in [7, 11) is 0. The fourth-order valence-electron chi connectivity index (χ4n) is 5.14. The minimum absolute atomic E-state index is 0.0105. The first-order valence-electron chi connectivity index (χ1n) is 13.1. The van der Waals surface area contributed by atoms with E-state index in [1.807, 2.05) is 18.2 Å². The molecule has 4 N–H and O–H groups in total. The maximum absolute atomic E-state index is 15.8. The summed E-state index contributed by atoms with van der Waals surface area (Å²) < 4.78 is 21.6. The maximum atomic E-state index is 15.8. The minimum atomic E-state index is -1.50. The van der Waals surface area contributed by atoms with Crippen molar-refractivity contribution in [3.8, 4) is 0 Å². The van der Waals surface area contributed by atoms with Crippen LogP contribution in [0.1, 0.15) is 47.6 Å². The lowest BCUT2D eigenvalue weighted by atomic mass is 9.93. The number of hydrogen-bond donors (Lipinski definition) is 3. The molecule has 5 rings (SSSR count). The van der Waals surface area contributed by atoms with Gasteiger partial charge in [-0.25, -0.2) is 9.18 Å². The molecule has 0 bridgehead atoms. The summed E-state index contributed by atoms with van der Waals surface area (Å²) in [6, 6.07) is 15.2. The summed E-state index contributed by atoms with van der Waals surface area (Å²) in [6.07, 6.45) is 2.32. The molecule has 1 atom stereocenters. The van der Waals surface area contributed by atoms with Gasteiger partial charge in [-0.05, 0) is 60.0 Å². The molecular weight excluding hydrogens is 542 g/mol. The summed E-state index contributed by atoms with van der Waals surface area (Å²) in [5, 5.41) is 22.6. The van der Waals surface area contributed by atoms with E-state index >= 15 is 4.39 Å². The van der Waals surface area contributed by atoms with Crippen LogP contribution in [0.4, 0.5) is 10.1 Å². The lowest BCUT2D eigenvalue weighted by molar-refractivity contribution is 0.00602. The lowest BCUT2D eigenvalue weighted by Crippen LogP contribution is -2.44. The van der Waals surface area contributed by atoms with E-state index in [4.69, 9.17) is 33.7 Å². The zero-order chi connectivity index (χ0) is 27.7. The number of anilines is 1. The number of carboxylic acid groups (broad SMARTS) is 1. The Labute approximate surface area is 236 Å². The predicted molar refractivity (Wildman–Crippen MR) is 153 cm³/mol. The van der Waals surface area contributed by atoms with Crippen molar-refractivity contribution < 1.29 is 24.1 Å². The average molecular weight is 573 g/mol. The number of ether oxygens (including phenoxy) is 1. The number of rotatable bonds is 9. The molecule has 0 aromatic heterocycles. The standard InChI is InChI=1S/C30H31Cl2FN2O4/c31-24-2-1-3-25(32)26(24)27(34)23(28(36)18-4-5-18)16-39-17-30(33)10-12-35(13-11-30)22-9-8-19-14-21(29(37)38)7-6-20(19)15-22/h1-3,6-9,14-15,18,27,36H,4-5,10-13,16-17,34H2,(H,37,38)/b28-23-. The molecule has 3 aromatic carbocycles. The number of fused-ring (bicyclic) bond motifs is 1. The van der Waals surface area contributed by atoms with Crippen LogP contribution < -0.4 is 10.6 Å². The Bertz CT molecular complexity index is 1400. The highest BCUT2D eigenvalue weighted by atomic mass is 35.5. The van der Waals surface area contributed by atoms with Crippen LogP contribution in [0.3, 0.4) is 0 Å². The molecular formula is C30H31Cl2FN2O4. The second-order valence-corrected chi connectivity index (χ2v) is 11.3. The highest BCUT2D eigenvalue weighted by Gasteiger charge is 2.36. The van der Waals surface area contributed by atoms with Crippen molar-refractivity contribution in [3.05, 3.63) is 87.1 Å². The number of allylic oxidation sites excluding steroid dienone is 1. The van der Waals surface area contributed by atoms with Gasteiger partial charge in [0.05, 0.1) is 30.6 Å². The third-order valence-corrected chi connectivity index (χ3v) is 8.35. The van der Waals surface area contributed by atoms with Crippen LogP contribution in [-0.2, 0) is 4.74 Å². The van der Waals surface area contributed by atoms with Crippen LogP contribution in [0.25, 0.3) is 10.8 Å². The predicted octanol–water partition coefficient (Wildman–Crippen LogP) is 7.09. The molecule has 1 saturated heterocycles. The number of aliphatic hydroxyl groups excluding tert-OH is 1. The molecule has 1 aliphatic carbocycles. The number of benzene rings is 3. The first kappa shape index (κ1) is 27.7. The highest BCUT2D eigenvalue weighted by Crippen LogP contribution is 2.41. The number of piperidine rings is 1. The molecule has 1 aliphatic heterocycles. The van der Waals surface area contributed by atoms with Crippen molar-refractivity contribution in [2.45, 2.75) is 37.4 Å². The molecule has 39 heavy (non-hydrogen) atoms. The third-order valence-electron chi connectivity index (χ3n) is 7.69. The molecule has 2 fully saturated rings. The van der Waals surface area contributed by atoms with E-state index in [1.165, 1.54) is 0 Å². The summed E-state index contributed by atoms with van der Waals surface area (Å²) in [5.74, 6) is -0.734. The van der Waals surface area contributed by atoms with E-state index in [9.17, 15) is 15.0 Å². The molecule has 2 aliphatic rings. The van der Waals surface area contributed by atoms with Gasteiger partial charge in [0, 0.05) is 58.7 Å². The topological polar surface area (TPSA) is 96.0 Å². The number of nitrogens with two attached hydrogens (primary N) is 1. The Hall–Kier alpha value is -2.84. The summed E-state index contributed by atoms with van der Waals surface area (Å²) in [6.45, 7) is 0.914. The largest absolute Gasteiger partial charge is 0.512 e. The summed E-state index contributed by atoms with van der Waals surface area (Å²) in [4.78, 5) is 13.4. The molecule has 3 aromatic rings. The Kier molecular flexibility index (Phi) is 8.06. The van der Waals surface area contributed by atoms with Gasteiger partial charge in [-0.15, -0.1) is 0 Å². The molecule has 0 spiro atoms. The van der Waals surface area contributed by atoms with Crippen molar-refractivity contribution in [3.63, 3.8) is 0 Å². The van der Waals surface area contributed by atoms with E-state index in [0.29, 0.717) is 47.1 Å². The Morgan fingerprint density at radius 1 is 1.05 bits per heavy atom. The number of aromatic carboxylic acids is 1. The zero-order valence-corrected chi connectivity index (χ0v) is 22.9. The molecule has 0 amide bonds. The number of halogens is 3. The van der Waals surface area contributed by atoms with Gasteiger partial charge in [0.1, 0.15) is 5.67 Å². The zero-order valence-electron chi connectivity index (χ0n) is 21.4. The van der Waals surface area contributed by atoms with E-state index in [1.54, 1.807) is 36.4 Å². The van der Waals surface area contributed by atoms with Gasteiger partial charge in [-0.3, -0.25) is 0 Å². The van der Waals surface area contributed by atoms with Crippen LogP contribution in [0.5, 0.6) is 0 Å². The maximum Gasteiger partial charge on any atom is 0.335 e. The van der Waals surface area contributed by atoms with Crippen molar-refractivity contribution in [2.75, 3.05) is 31.2 Å². The Morgan fingerprint density at radius 2 is 1.69 bits per heavy atom. The van der Waals surface area contributed by atoms with Gasteiger partial charge in [0.25, 0.3) is 0 Å². The van der Waals surface area contributed by atoms with Crippen molar-refractivity contribution in [1.82, 2.24) is 0 Å². The SMILES string of the molecule is NC(/C(COCC1(F)CCN(c2ccc3cc(C(=O)O)ccc3c2)CC1)=C(\O)C1CC1)c1c(Cl)cccc1Cl. The van der Waals surface area contributed by atoms with Crippen LogP contribution in [-0.4, -0.2) is 48.2 Å². The number of aliphatic hydroxyl groups is 1. The fraction of sp³-hybridized carbons (Fsp3) is 0.367. The average Bonchev–Trinajstić information content (AvgIpc) is 3.76. The van der Waals surface area contributed by atoms with Crippen LogP contribution >= 0.6 is 23.2 Å². The van der Waals surface area contributed by atoms with Gasteiger partial charge in [0.15, 0.2) is 0 Å². The molecule has 0 radical (unpaired) electrons. The second-order valence-electron chi connectivity index (χ2n) is 10.5. The normalized spacial score (nSPS) is 18.6. The van der Waals surface area contributed by atoms with Crippen molar-refractivity contribution in [2.24, 2.45) is 11.7 Å². The number of nitrogens with zero attached hydrogens (tertiary/aromatic N) is 1. The number of carboxylic acids is 1. The van der Waals surface area contributed by atoms with Crippen LogP contribution in [0.15, 0.2) is 65.9 Å². The Morgan fingerprint density at radius 3 is 2.33 bits per heavy atom. The van der Waals surface area contributed by atoms with Gasteiger partial charge in [0.2, 0.25) is 0 Å². The number of alkyl halides is 1. The van der Waals surface area contributed by atoms with E-state index in [0.717, 1.165) is 29.3 Å². The van der Waals surface area contributed by atoms with Gasteiger partial charge in [-0.1, -0.05) is 41.4 Å². The van der Waals surface area contributed by atoms with E-state index in [2.05, 4.69) is 4.90 Å². The quantitative estimate of drug-likeness (QED) is 0.237.